The van der Waals surface area contributed by atoms with Gasteiger partial charge in [-0.3, -0.25) is 10.5 Å². The zero-order valence-electron chi connectivity index (χ0n) is 11.7. The molecule has 0 amide bonds. The lowest BCUT2D eigenvalue weighted by Gasteiger charge is -2.20. The van der Waals surface area contributed by atoms with Crippen LogP contribution >= 0.6 is 11.3 Å². The van der Waals surface area contributed by atoms with Crippen LogP contribution in [0.15, 0.2) is 17.6 Å². The molecule has 19 heavy (non-hydrogen) atoms. The van der Waals surface area contributed by atoms with E-state index in [2.05, 4.69) is 42.7 Å². The van der Waals surface area contributed by atoms with E-state index in [0.29, 0.717) is 0 Å². The molecule has 3 N–H and O–H groups in total. The monoisotopic (exact) mass is 280 g/mol. The van der Waals surface area contributed by atoms with Crippen LogP contribution in [0.4, 0.5) is 0 Å². The van der Waals surface area contributed by atoms with E-state index in [1.807, 2.05) is 4.68 Å². The Kier molecular flexibility index (Phi) is 4.24. The second-order valence-corrected chi connectivity index (χ2v) is 5.65. The number of thiophene rings is 1. The van der Waals surface area contributed by atoms with E-state index < -0.39 is 0 Å². The van der Waals surface area contributed by atoms with E-state index in [-0.39, 0.29) is 12.1 Å². The molecule has 5 nitrogen and oxygen atoms in total. The van der Waals surface area contributed by atoms with Crippen LogP contribution in [-0.4, -0.2) is 16.9 Å². The van der Waals surface area contributed by atoms with Crippen LogP contribution in [0.3, 0.4) is 0 Å². The summed E-state index contributed by atoms with van der Waals surface area (Å²) >= 11 is 1.68. The first-order valence-corrected chi connectivity index (χ1v) is 7.09. The maximum absolute atomic E-state index is 5.78. The Balaban J connectivity index is 2.54. The molecule has 6 heteroatoms. The van der Waals surface area contributed by atoms with Gasteiger partial charge in [-0.05, 0) is 37.8 Å². The molecule has 0 bridgehead atoms. The molecule has 2 rings (SSSR count). The molecule has 2 aromatic heterocycles. The van der Waals surface area contributed by atoms with Gasteiger partial charge in [-0.2, -0.15) is 5.10 Å². The molecule has 0 radical (unpaired) electrons. The Hall–Kier alpha value is -1.37. The molecule has 0 aromatic carbocycles. The van der Waals surface area contributed by atoms with Gasteiger partial charge in [0.2, 0.25) is 0 Å². The van der Waals surface area contributed by atoms with Crippen molar-refractivity contribution in [3.63, 3.8) is 0 Å². The lowest BCUT2D eigenvalue weighted by Crippen LogP contribution is -2.31. The summed E-state index contributed by atoms with van der Waals surface area (Å²) in [4.78, 5) is 1.18. The summed E-state index contributed by atoms with van der Waals surface area (Å²) in [5.74, 6) is 6.53. The van der Waals surface area contributed by atoms with Gasteiger partial charge in [-0.15, -0.1) is 11.3 Å². The number of hydrogen-bond donors (Lipinski definition) is 2. The summed E-state index contributed by atoms with van der Waals surface area (Å²) in [6.45, 7) is 6.26. The van der Waals surface area contributed by atoms with Crippen LogP contribution in [0.1, 0.15) is 42.1 Å². The predicted octanol–water partition coefficient (Wildman–Crippen LogP) is 2.40. The second kappa shape index (κ2) is 5.73. The van der Waals surface area contributed by atoms with Crippen molar-refractivity contribution in [1.29, 1.82) is 0 Å². The van der Waals surface area contributed by atoms with E-state index in [1.165, 1.54) is 10.4 Å². The van der Waals surface area contributed by atoms with Gasteiger partial charge in [-0.1, -0.05) is 0 Å². The molecular formula is C13H20N4OS. The van der Waals surface area contributed by atoms with Gasteiger partial charge in [-0.25, -0.2) is 5.43 Å². The Labute approximate surface area is 117 Å². The van der Waals surface area contributed by atoms with E-state index in [0.717, 1.165) is 11.4 Å². The summed E-state index contributed by atoms with van der Waals surface area (Å²) in [7, 11) is 1.65. The smallest absolute Gasteiger partial charge is 0.162 e. The third-order valence-corrected chi connectivity index (χ3v) is 4.20. The third kappa shape index (κ3) is 2.51. The van der Waals surface area contributed by atoms with E-state index in [4.69, 9.17) is 10.6 Å². The SMILES string of the molecule is COc1cnn(C(C)C)c1C(NN)c1sccc1C. The van der Waals surface area contributed by atoms with E-state index in [9.17, 15) is 0 Å². The van der Waals surface area contributed by atoms with Crippen molar-refractivity contribution in [3.05, 3.63) is 33.8 Å². The molecule has 104 valence electrons. The highest BCUT2D eigenvalue weighted by Crippen LogP contribution is 2.35. The average molecular weight is 280 g/mol. The lowest BCUT2D eigenvalue weighted by atomic mass is 10.1. The Bertz CT molecular complexity index is 547. The fourth-order valence-corrected chi connectivity index (χ4v) is 3.15. The zero-order chi connectivity index (χ0) is 14.0. The number of ether oxygens (including phenoxy) is 1. The number of hydrazine groups is 1. The van der Waals surface area contributed by atoms with Crippen molar-refractivity contribution in [2.24, 2.45) is 5.84 Å². The van der Waals surface area contributed by atoms with Gasteiger partial charge < -0.3 is 4.74 Å². The van der Waals surface area contributed by atoms with Crippen molar-refractivity contribution in [2.75, 3.05) is 7.11 Å². The lowest BCUT2D eigenvalue weighted by molar-refractivity contribution is 0.394. The number of nitrogens with one attached hydrogen (secondary N) is 1. The third-order valence-electron chi connectivity index (χ3n) is 3.11. The minimum Gasteiger partial charge on any atom is -0.493 e. The minimum absolute atomic E-state index is 0.111. The largest absolute Gasteiger partial charge is 0.493 e. The minimum atomic E-state index is -0.111. The van der Waals surface area contributed by atoms with Gasteiger partial charge in [0, 0.05) is 10.9 Å². The second-order valence-electron chi connectivity index (χ2n) is 4.70. The van der Waals surface area contributed by atoms with Crippen LogP contribution in [0, 0.1) is 6.92 Å². The quantitative estimate of drug-likeness (QED) is 0.652. The first-order chi connectivity index (χ1) is 9.10. The molecule has 1 unspecified atom stereocenters. The number of nitrogens with zero attached hydrogens (tertiary/aromatic N) is 2. The fraction of sp³-hybridized carbons (Fsp3) is 0.462. The van der Waals surface area contributed by atoms with Crippen LogP contribution in [0.5, 0.6) is 5.75 Å². The first-order valence-electron chi connectivity index (χ1n) is 6.21. The van der Waals surface area contributed by atoms with Crippen LogP contribution in [0.25, 0.3) is 0 Å². The Morgan fingerprint density at radius 2 is 2.21 bits per heavy atom. The molecule has 0 fully saturated rings. The summed E-state index contributed by atoms with van der Waals surface area (Å²) < 4.78 is 7.37. The molecule has 1 atom stereocenters. The van der Waals surface area contributed by atoms with Gasteiger partial charge in [0.15, 0.2) is 5.75 Å². The van der Waals surface area contributed by atoms with Gasteiger partial charge in [0.25, 0.3) is 0 Å². The highest BCUT2D eigenvalue weighted by molar-refractivity contribution is 7.10. The summed E-state index contributed by atoms with van der Waals surface area (Å²) in [5, 5.41) is 6.46. The normalized spacial score (nSPS) is 12.9. The molecule has 2 aromatic rings. The van der Waals surface area contributed by atoms with E-state index in [1.54, 1.807) is 24.6 Å². The topological polar surface area (TPSA) is 65.1 Å². The van der Waals surface area contributed by atoms with Crippen LogP contribution < -0.4 is 16.0 Å². The summed E-state index contributed by atoms with van der Waals surface area (Å²) in [6, 6.07) is 2.22. The molecule has 2 heterocycles. The molecule has 0 aliphatic rings. The van der Waals surface area contributed by atoms with E-state index >= 15 is 0 Å². The van der Waals surface area contributed by atoms with Gasteiger partial charge in [0.1, 0.15) is 11.7 Å². The average Bonchev–Trinajstić information content (AvgIpc) is 2.98. The molecule has 0 saturated carbocycles. The number of rotatable bonds is 5. The molecule has 0 aliphatic carbocycles. The molecular weight excluding hydrogens is 260 g/mol. The number of aromatic nitrogens is 2. The number of methoxy groups -OCH3 is 1. The van der Waals surface area contributed by atoms with Crippen LogP contribution in [-0.2, 0) is 0 Å². The highest BCUT2D eigenvalue weighted by Gasteiger charge is 2.25. The highest BCUT2D eigenvalue weighted by atomic mass is 32.1. The van der Waals surface area contributed by atoms with Crippen molar-refractivity contribution in [2.45, 2.75) is 32.9 Å². The van der Waals surface area contributed by atoms with Crippen LogP contribution in [0.2, 0.25) is 0 Å². The predicted molar refractivity (Wildman–Crippen MR) is 77.4 cm³/mol. The number of hydrogen-bond acceptors (Lipinski definition) is 5. The van der Waals surface area contributed by atoms with Gasteiger partial charge in [0.05, 0.1) is 13.3 Å². The maximum atomic E-state index is 5.78. The zero-order valence-corrected chi connectivity index (χ0v) is 12.5. The number of nitrogens with two attached hydrogens (primary N) is 1. The van der Waals surface area contributed by atoms with Gasteiger partial charge >= 0.3 is 0 Å². The molecule has 0 saturated heterocycles. The molecule has 0 aliphatic heterocycles. The van der Waals surface area contributed by atoms with Crippen molar-refractivity contribution in [3.8, 4) is 5.75 Å². The Morgan fingerprint density at radius 1 is 1.47 bits per heavy atom. The fourth-order valence-electron chi connectivity index (χ4n) is 2.16. The number of aryl methyl sites for hydroxylation is 1. The maximum Gasteiger partial charge on any atom is 0.162 e. The summed E-state index contributed by atoms with van der Waals surface area (Å²) in [6.07, 6.45) is 1.74. The molecule has 0 spiro atoms. The standard InChI is InChI=1S/C13H20N4OS/c1-8(2)17-12(10(18-4)7-15-17)11(16-14)13-9(3)5-6-19-13/h5-8,11,16H,14H2,1-4H3. The van der Waals surface area contributed by atoms with Crippen molar-refractivity contribution in [1.82, 2.24) is 15.2 Å². The van der Waals surface area contributed by atoms with Crippen molar-refractivity contribution >= 4 is 11.3 Å². The summed E-state index contributed by atoms with van der Waals surface area (Å²) in [5.41, 5.74) is 5.07. The van der Waals surface area contributed by atoms with Crippen molar-refractivity contribution < 1.29 is 4.74 Å². The Morgan fingerprint density at radius 3 is 2.68 bits per heavy atom. The first kappa shape index (κ1) is 14.0.